The van der Waals surface area contributed by atoms with Crippen LogP contribution < -0.4 is 0 Å². The Bertz CT molecular complexity index is 136. The van der Waals surface area contributed by atoms with Crippen LogP contribution in [0.25, 0.3) is 0 Å². The zero-order valence-corrected chi connectivity index (χ0v) is 6.79. The van der Waals surface area contributed by atoms with Gasteiger partial charge < -0.3 is 0 Å². The van der Waals surface area contributed by atoms with E-state index in [4.69, 9.17) is 0 Å². The molecule has 1 aliphatic heterocycles. The van der Waals surface area contributed by atoms with Crippen LogP contribution in [-0.4, -0.2) is 5.75 Å². The first-order valence-electron chi connectivity index (χ1n) is 3.33. The van der Waals surface area contributed by atoms with E-state index >= 15 is 0 Å². The van der Waals surface area contributed by atoms with Crippen LogP contribution in [0.5, 0.6) is 0 Å². The predicted molar refractivity (Wildman–Crippen MR) is 44.6 cm³/mol. The molecule has 0 radical (unpaired) electrons. The van der Waals surface area contributed by atoms with Gasteiger partial charge in [0.2, 0.25) is 0 Å². The van der Waals surface area contributed by atoms with Crippen LogP contribution in [0, 0.1) is 0 Å². The van der Waals surface area contributed by atoms with Crippen LogP contribution in [-0.2, 0) is 0 Å². The van der Waals surface area contributed by atoms with E-state index < -0.39 is 0 Å². The smallest absolute Gasteiger partial charge is 0.00584 e. The largest absolute Gasteiger partial charge is 0.126 e. The van der Waals surface area contributed by atoms with Crippen LogP contribution >= 0.6 is 11.8 Å². The van der Waals surface area contributed by atoms with Gasteiger partial charge in [-0.2, -0.15) is 0 Å². The Balaban J connectivity index is 2.75. The molecule has 0 aliphatic carbocycles. The fraction of sp³-hybridized carbons (Fsp3) is 0.500. The van der Waals surface area contributed by atoms with E-state index in [1.807, 2.05) is 11.8 Å². The van der Waals surface area contributed by atoms with Gasteiger partial charge in [0.05, 0.1) is 0 Å². The SMILES string of the molecule is C/C=C1/CCS/C1=C/C. The van der Waals surface area contributed by atoms with Crippen LogP contribution in [0.15, 0.2) is 22.6 Å². The second-order valence-corrected chi connectivity index (χ2v) is 3.20. The molecule has 0 N–H and O–H groups in total. The summed E-state index contributed by atoms with van der Waals surface area (Å²) in [5.41, 5.74) is 1.53. The number of thioether (sulfide) groups is 1. The monoisotopic (exact) mass is 140 g/mol. The standard InChI is InChI=1S/C8H12S/c1-3-7-5-6-9-8(7)4-2/h3-4H,5-6H2,1-2H3/b7-3-,8-4+. The molecule has 0 atom stereocenters. The maximum Gasteiger partial charge on any atom is 0.00584 e. The highest BCUT2D eigenvalue weighted by atomic mass is 32.2. The summed E-state index contributed by atoms with van der Waals surface area (Å²) < 4.78 is 0. The normalized spacial score (nSPS) is 28.2. The number of allylic oxidation sites excluding steroid dienone is 3. The van der Waals surface area contributed by atoms with Crippen LogP contribution in [0.2, 0.25) is 0 Å². The molecular formula is C8H12S. The van der Waals surface area contributed by atoms with Crippen molar-refractivity contribution < 1.29 is 0 Å². The average Bonchev–Trinajstić information content (AvgIpc) is 2.33. The Morgan fingerprint density at radius 3 is 2.56 bits per heavy atom. The quantitative estimate of drug-likeness (QED) is 0.498. The van der Waals surface area contributed by atoms with E-state index in [0.717, 1.165) is 0 Å². The minimum Gasteiger partial charge on any atom is -0.126 e. The average molecular weight is 140 g/mol. The molecule has 1 aliphatic rings. The molecule has 0 aromatic rings. The zero-order chi connectivity index (χ0) is 6.69. The van der Waals surface area contributed by atoms with Gasteiger partial charge >= 0.3 is 0 Å². The fourth-order valence-electron chi connectivity index (χ4n) is 1.04. The molecular weight excluding hydrogens is 128 g/mol. The molecule has 1 rings (SSSR count). The Morgan fingerprint density at radius 1 is 1.33 bits per heavy atom. The van der Waals surface area contributed by atoms with Gasteiger partial charge in [-0.05, 0) is 25.8 Å². The molecule has 0 amide bonds. The van der Waals surface area contributed by atoms with Crippen molar-refractivity contribution in [2.45, 2.75) is 20.3 Å². The zero-order valence-electron chi connectivity index (χ0n) is 5.98. The molecule has 0 nitrogen and oxygen atoms in total. The Morgan fingerprint density at radius 2 is 2.11 bits per heavy atom. The van der Waals surface area contributed by atoms with Crippen molar-refractivity contribution in [3.05, 3.63) is 22.6 Å². The predicted octanol–water partition coefficient (Wildman–Crippen LogP) is 2.97. The molecule has 1 fully saturated rings. The van der Waals surface area contributed by atoms with Crippen molar-refractivity contribution in [2.24, 2.45) is 0 Å². The summed E-state index contributed by atoms with van der Waals surface area (Å²) in [4.78, 5) is 1.48. The van der Waals surface area contributed by atoms with E-state index in [-0.39, 0.29) is 0 Å². The molecule has 50 valence electrons. The first kappa shape index (κ1) is 6.94. The van der Waals surface area contributed by atoms with E-state index in [1.165, 1.54) is 22.7 Å². The van der Waals surface area contributed by atoms with Gasteiger partial charge in [0.25, 0.3) is 0 Å². The summed E-state index contributed by atoms with van der Waals surface area (Å²) in [6.07, 6.45) is 5.68. The molecule has 0 spiro atoms. The lowest BCUT2D eigenvalue weighted by atomic mass is 10.2. The van der Waals surface area contributed by atoms with Crippen molar-refractivity contribution >= 4 is 11.8 Å². The van der Waals surface area contributed by atoms with Crippen molar-refractivity contribution in [1.29, 1.82) is 0 Å². The van der Waals surface area contributed by atoms with Gasteiger partial charge in [-0.3, -0.25) is 0 Å². The molecule has 0 bridgehead atoms. The van der Waals surface area contributed by atoms with Gasteiger partial charge in [-0.1, -0.05) is 12.2 Å². The maximum atomic E-state index is 2.22. The van der Waals surface area contributed by atoms with E-state index in [1.54, 1.807) is 0 Å². The highest BCUT2D eigenvalue weighted by molar-refractivity contribution is 8.03. The fourth-order valence-corrected chi connectivity index (χ4v) is 2.16. The lowest BCUT2D eigenvalue weighted by molar-refractivity contribution is 1.19. The van der Waals surface area contributed by atoms with Gasteiger partial charge in [0.1, 0.15) is 0 Å². The van der Waals surface area contributed by atoms with Gasteiger partial charge in [0, 0.05) is 10.7 Å². The third-order valence-electron chi connectivity index (χ3n) is 1.56. The summed E-state index contributed by atoms with van der Waals surface area (Å²) in [5.74, 6) is 1.28. The Labute approximate surface area is 61.0 Å². The second-order valence-electron chi connectivity index (χ2n) is 2.07. The van der Waals surface area contributed by atoms with Crippen molar-refractivity contribution in [1.82, 2.24) is 0 Å². The molecule has 0 aromatic heterocycles. The summed E-state index contributed by atoms with van der Waals surface area (Å²) >= 11 is 1.97. The summed E-state index contributed by atoms with van der Waals surface area (Å²) in [5, 5.41) is 0. The Hall–Kier alpha value is -0.170. The summed E-state index contributed by atoms with van der Waals surface area (Å²) in [6.45, 7) is 4.22. The van der Waals surface area contributed by atoms with Crippen molar-refractivity contribution in [3.63, 3.8) is 0 Å². The number of hydrogen-bond donors (Lipinski definition) is 0. The minimum absolute atomic E-state index is 1.26. The molecule has 1 saturated heterocycles. The van der Waals surface area contributed by atoms with Gasteiger partial charge in [-0.15, -0.1) is 11.8 Å². The first-order valence-corrected chi connectivity index (χ1v) is 4.31. The minimum atomic E-state index is 1.26. The molecule has 0 aromatic carbocycles. The van der Waals surface area contributed by atoms with E-state index in [2.05, 4.69) is 26.0 Å². The Kier molecular flexibility index (Phi) is 2.40. The van der Waals surface area contributed by atoms with E-state index in [9.17, 15) is 0 Å². The molecule has 1 heteroatoms. The molecule has 0 unspecified atom stereocenters. The summed E-state index contributed by atoms with van der Waals surface area (Å²) in [7, 11) is 0. The first-order chi connectivity index (χ1) is 4.38. The summed E-state index contributed by atoms with van der Waals surface area (Å²) in [6, 6.07) is 0. The van der Waals surface area contributed by atoms with Gasteiger partial charge in [0.15, 0.2) is 0 Å². The highest BCUT2D eigenvalue weighted by Gasteiger charge is 2.10. The van der Waals surface area contributed by atoms with Gasteiger partial charge in [-0.25, -0.2) is 0 Å². The van der Waals surface area contributed by atoms with E-state index in [0.29, 0.717) is 0 Å². The third-order valence-corrected chi connectivity index (χ3v) is 2.77. The lowest BCUT2D eigenvalue weighted by Gasteiger charge is -1.93. The third kappa shape index (κ3) is 1.39. The molecule has 0 saturated carbocycles. The van der Waals surface area contributed by atoms with Crippen LogP contribution in [0.3, 0.4) is 0 Å². The molecule has 9 heavy (non-hydrogen) atoms. The maximum absolute atomic E-state index is 2.22. The van der Waals surface area contributed by atoms with Crippen molar-refractivity contribution in [3.8, 4) is 0 Å². The van der Waals surface area contributed by atoms with Crippen LogP contribution in [0.4, 0.5) is 0 Å². The highest BCUT2D eigenvalue weighted by Crippen LogP contribution is 2.34. The lowest BCUT2D eigenvalue weighted by Crippen LogP contribution is -1.72. The van der Waals surface area contributed by atoms with Crippen molar-refractivity contribution in [2.75, 3.05) is 5.75 Å². The molecule has 1 heterocycles. The number of rotatable bonds is 0. The van der Waals surface area contributed by atoms with Crippen LogP contribution in [0.1, 0.15) is 20.3 Å². The topological polar surface area (TPSA) is 0 Å². The number of hydrogen-bond acceptors (Lipinski definition) is 1. The second kappa shape index (κ2) is 3.11.